The Morgan fingerprint density at radius 2 is 1.31 bits per heavy atom. The van der Waals surface area contributed by atoms with E-state index in [2.05, 4.69) is 62.4 Å². The predicted octanol–water partition coefficient (Wildman–Crippen LogP) is 9.03. The van der Waals surface area contributed by atoms with Crippen LogP contribution < -0.4 is 0 Å². The Morgan fingerprint density at radius 1 is 0.759 bits per heavy atom. The molecule has 0 nitrogen and oxygen atoms in total. The van der Waals surface area contributed by atoms with Crippen LogP contribution in [-0.4, -0.2) is 5.67 Å². The van der Waals surface area contributed by atoms with Crippen LogP contribution in [0.3, 0.4) is 0 Å². The van der Waals surface area contributed by atoms with Crippen molar-refractivity contribution < 1.29 is 4.39 Å². The van der Waals surface area contributed by atoms with Gasteiger partial charge >= 0.3 is 0 Å². The fourth-order valence-electron chi connectivity index (χ4n) is 4.80. The smallest absolute Gasteiger partial charge is 0.111 e. The highest BCUT2D eigenvalue weighted by molar-refractivity contribution is 5.64. The van der Waals surface area contributed by atoms with Crippen molar-refractivity contribution >= 4 is 0 Å². The summed E-state index contributed by atoms with van der Waals surface area (Å²) in [5.41, 5.74) is 4.50. The van der Waals surface area contributed by atoms with E-state index in [0.717, 1.165) is 44.9 Å². The van der Waals surface area contributed by atoms with Gasteiger partial charge in [0.05, 0.1) is 0 Å². The zero-order valence-corrected chi connectivity index (χ0v) is 18.6. The van der Waals surface area contributed by atoms with Crippen LogP contribution in [0, 0.1) is 0 Å². The average Bonchev–Trinajstić information content (AvgIpc) is 2.75. The second-order valence-corrected chi connectivity index (χ2v) is 9.16. The fourth-order valence-corrected chi connectivity index (χ4v) is 4.80. The zero-order valence-electron chi connectivity index (χ0n) is 18.6. The third kappa shape index (κ3) is 6.43. The molecule has 0 N–H and O–H groups in total. The largest absolute Gasteiger partial charge is 0.244 e. The molecule has 0 atom stereocenters. The van der Waals surface area contributed by atoms with E-state index >= 15 is 4.39 Å². The summed E-state index contributed by atoms with van der Waals surface area (Å²) in [6.45, 7) is 4.44. The van der Waals surface area contributed by atoms with Crippen molar-refractivity contribution in [2.75, 3.05) is 0 Å². The summed E-state index contributed by atoms with van der Waals surface area (Å²) in [5, 5.41) is 0. The molecule has 0 aliphatic heterocycles. The van der Waals surface area contributed by atoms with Gasteiger partial charge in [-0.2, -0.15) is 0 Å². The van der Waals surface area contributed by atoms with Gasteiger partial charge in [0.2, 0.25) is 0 Å². The van der Waals surface area contributed by atoms with E-state index in [9.17, 15) is 0 Å². The molecule has 2 aromatic rings. The highest BCUT2D eigenvalue weighted by atomic mass is 19.1. The highest BCUT2D eigenvalue weighted by Gasteiger charge is 2.35. The third-order valence-electron chi connectivity index (χ3n) is 6.85. The van der Waals surface area contributed by atoms with Gasteiger partial charge in [-0.3, -0.25) is 0 Å². The molecule has 0 radical (unpaired) electrons. The summed E-state index contributed by atoms with van der Waals surface area (Å²) in [6.07, 6.45) is 12.7. The van der Waals surface area contributed by atoms with Crippen molar-refractivity contribution in [3.05, 3.63) is 59.7 Å². The molecule has 0 aromatic heterocycles. The summed E-state index contributed by atoms with van der Waals surface area (Å²) in [4.78, 5) is 0. The summed E-state index contributed by atoms with van der Waals surface area (Å²) >= 11 is 0. The molecule has 0 bridgehead atoms. The minimum absolute atomic E-state index is 0.528. The van der Waals surface area contributed by atoms with Gasteiger partial charge in [-0.15, -0.1) is 0 Å². The first-order chi connectivity index (χ1) is 14.1. The van der Waals surface area contributed by atoms with Crippen LogP contribution in [0.1, 0.15) is 102 Å². The van der Waals surface area contributed by atoms with Crippen molar-refractivity contribution in [1.82, 2.24) is 0 Å². The van der Waals surface area contributed by atoms with Crippen LogP contribution in [0.4, 0.5) is 4.39 Å². The highest BCUT2D eigenvalue weighted by Crippen LogP contribution is 2.43. The second kappa shape index (κ2) is 11.0. The zero-order chi connectivity index (χ0) is 20.5. The number of hydrogen-bond acceptors (Lipinski definition) is 0. The summed E-state index contributed by atoms with van der Waals surface area (Å²) in [5.74, 6) is 0.528. The van der Waals surface area contributed by atoms with Crippen LogP contribution in [0.25, 0.3) is 11.1 Å². The molecule has 3 rings (SSSR count). The van der Waals surface area contributed by atoms with Gasteiger partial charge < -0.3 is 0 Å². The standard InChI is InChI=1S/C28H39F/c1-3-5-7-9-23-10-12-24(13-11-23)25-14-16-26(17-15-25)27-18-21-28(29,22-19-27)20-8-6-4-2/h10-17,27H,3-9,18-22H2,1-2H3. The van der Waals surface area contributed by atoms with E-state index in [1.54, 1.807) is 0 Å². The number of benzene rings is 2. The number of unbranched alkanes of at least 4 members (excludes halogenated alkanes) is 4. The van der Waals surface area contributed by atoms with E-state index < -0.39 is 5.67 Å². The monoisotopic (exact) mass is 394 g/mol. The van der Waals surface area contributed by atoms with Gasteiger partial charge in [0.1, 0.15) is 5.67 Å². The van der Waals surface area contributed by atoms with Gasteiger partial charge in [0.25, 0.3) is 0 Å². The third-order valence-corrected chi connectivity index (χ3v) is 6.85. The van der Waals surface area contributed by atoms with E-state index in [-0.39, 0.29) is 0 Å². The van der Waals surface area contributed by atoms with Crippen molar-refractivity contribution in [2.24, 2.45) is 0 Å². The lowest BCUT2D eigenvalue weighted by Gasteiger charge is -2.34. The van der Waals surface area contributed by atoms with Crippen LogP contribution in [0.15, 0.2) is 48.5 Å². The molecule has 29 heavy (non-hydrogen) atoms. The van der Waals surface area contributed by atoms with E-state index in [1.165, 1.54) is 54.4 Å². The second-order valence-electron chi connectivity index (χ2n) is 9.16. The van der Waals surface area contributed by atoms with E-state index in [0.29, 0.717) is 5.92 Å². The molecule has 1 aliphatic carbocycles. The number of rotatable bonds is 10. The molecule has 1 saturated carbocycles. The minimum atomic E-state index is -0.898. The molecular formula is C28H39F. The molecule has 1 heteroatoms. The maximum absolute atomic E-state index is 15.0. The number of aryl methyl sites for hydroxylation is 1. The Bertz CT molecular complexity index is 705. The first-order valence-electron chi connectivity index (χ1n) is 12.0. The summed E-state index contributed by atoms with van der Waals surface area (Å²) in [6, 6.07) is 18.1. The Morgan fingerprint density at radius 3 is 1.90 bits per heavy atom. The summed E-state index contributed by atoms with van der Waals surface area (Å²) < 4.78 is 15.0. The average molecular weight is 395 g/mol. The molecule has 1 fully saturated rings. The quantitative estimate of drug-likeness (QED) is 0.353. The van der Waals surface area contributed by atoms with Gasteiger partial charge in [-0.25, -0.2) is 4.39 Å². The Hall–Kier alpha value is -1.63. The van der Waals surface area contributed by atoms with Crippen molar-refractivity contribution in [3.63, 3.8) is 0 Å². The first kappa shape index (κ1) is 22.1. The summed E-state index contributed by atoms with van der Waals surface area (Å²) in [7, 11) is 0. The number of alkyl halides is 1. The molecular weight excluding hydrogens is 355 g/mol. The van der Waals surface area contributed by atoms with Crippen LogP contribution in [-0.2, 0) is 6.42 Å². The van der Waals surface area contributed by atoms with Gasteiger partial charge in [0.15, 0.2) is 0 Å². The molecule has 0 spiro atoms. The fraction of sp³-hybridized carbons (Fsp3) is 0.571. The van der Waals surface area contributed by atoms with Crippen molar-refractivity contribution in [1.29, 1.82) is 0 Å². The van der Waals surface area contributed by atoms with E-state index in [1.807, 2.05) is 0 Å². The van der Waals surface area contributed by atoms with Crippen LogP contribution in [0.5, 0.6) is 0 Å². The molecule has 0 unspecified atom stereocenters. The lowest BCUT2D eigenvalue weighted by atomic mass is 9.75. The van der Waals surface area contributed by atoms with E-state index in [4.69, 9.17) is 0 Å². The van der Waals surface area contributed by atoms with Crippen molar-refractivity contribution in [3.8, 4) is 11.1 Å². The molecule has 158 valence electrons. The maximum atomic E-state index is 15.0. The minimum Gasteiger partial charge on any atom is -0.244 e. The van der Waals surface area contributed by atoms with Crippen LogP contribution in [0.2, 0.25) is 0 Å². The Balaban J connectivity index is 1.54. The lowest BCUT2D eigenvalue weighted by Crippen LogP contribution is -2.28. The number of hydrogen-bond donors (Lipinski definition) is 0. The molecule has 0 amide bonds. The molecule has 1 aliphatic rings. The topological polar surface area (TPSA) is 0 Å². The Kier molecular flexibility index (Phi) is 8.33. The van der Waals surface area contributed by atoms with Crippen LogP contribution >= 0.6 is 0 Å². The molecule has 0 heterocycles. The van der Waals surface area contributed by atoms with Gasteiger partial charge in [-0.1, -0.05) is 94.5 Å². The molecule has 0 saturated heterocycles. The SMILES string of the molecule is CCCCCc1ccc(-c2ccc(C3CCC(F)(CCCCC)CC3)cc2)cc1. The molecule has 2 aromatic carbocycles. The first-order valence-corrected chi connectivity index (χ1v) is 12.0. The lowest BCUT2D eigenvalue weighted by molar-refractivity contribution is 0.0851. The van der Waals surface area contributed by atoms with Crippen molar-refractivity contribution in [2.45, 2.75) is 102 Å². The maximum Gasteiger partial charge on any atom is 0.111 e. The van der Waals surface area contributed by atoms with Gasteiger partial charge in [-0.05, 0) is 73.1 Å². The Labute approximate surface area is 177 Å². The predicted molar refractivity (Wildman–Crippen MR) is 124 cm³/mol. The van der Waals surface area contributed by atoms with Gasteiger partial charge in [0, 0.05) is 0 Å². The normalized spacial score (nSPS) is 22.0. The number of halogens is 1.